The van der Waals surface area contributed by atoms with Gasteiger partial charge in [-0.1, -0.05) is 50.2 Å². The maximum atomic E-state index is 12.1. The molecule has 116 valence electrons. The summed E-state index contributed by atoms with van der Waals surface area (Å²) < 4.78 is 0. The highest BCUT2D eigenvalue weighted by Crippen LogP contribution is 2.17. The number of rotatable bonds is 7. The van der Waals surface area contributed by atoms with Gasteiger partial charge in [0.15, 0.2) is 0 Å². The van der Waals surface area contributed by atoms with Crippen molar-refractivity contribution >= 4 is 5.91 Å². The summed E-state index contributed by atoms with van der Waals surface area (Å²) in [6.07, 6.45) is 1.74. The Balaban J connectivity index is 1.91. The molecule has 0 atom stereocenters. The first-order chi connectivity index (χ1) is 10.7. The van der Waals surface area contributed by atoms with Crippen molar-refractivity contribution < 1.29 is 4.79 Å². The van der Waals surface area contributed by atoms with Gasteiger partial charge in [-0.05, 0) is 24.7 Å². The summed E-state index contributed by atoms with van der Waals surface area (Å²) in [5.41, 5.74) is 2.57. The van der Waals surface area contributed by atoms with Crippen LogP contribution < -0.4 is 5.32 Å². The first kappa shape index (κ1) is 16.2. The minimum Gasteiger partial charge on any atom is -0.349 e. The van der Waals surface area contributed by atoms with Crippen LogP contribution in [0.15, 0.2) is 48.7 Å². The number of nitrogens with zero attached hydrogens (tertiary/aromatic N) is 2. The molecule has 0 unspecified atom stereocenters. The smallest absolute Gasteiger partial charge is 0.269 e. The van der Waals surface area contributed by atoms with Crippen molar-refractivity contribution in [2.45, 2.75) is 13.8 Å². The van der Waals surface area contributed by atoms with Crippen LogP contribution in [-0.2, 0) is 0 Å². The van der Waals surface area contributed by atoms with Gasteiger partial charge in [0, 0.05) is 24.8 Å². The van der Waals surface area contributed by atoms with Gasteiger partial charge in [0.05, 0.1) is 0 Å². The summed E-state index contributed by atoms with van der Waals surface area (Å²) in [7, 11) is 0. The quantitative estimate of drug-likeness (QED) is 0.855. The van der Waals surface area contributed by atoms with Crippen LogP contribution >= 0.6 is 0 Å². The molecule has 1 aromatic carbocycles. The van der Waals surface area contributed by atoms with Crippen molar-refractivity contribution in [3.63, 3.8) is 0 Å². The predicted molar refractivity (Wildman–Crippen MR) is 89.8 cm³/mol. The lowest BCUT2D eigenvalue weighted by atomic mass is 10.1. The Labute approximate surface area is 132 Å². The first-order valence-corrected chi connectivity index (χ1v) is 7.76. The normalized spacial score (nSPS) is 10.7. The van der Waals surface area contributed by atoms with Crippen LogP contribution in [0.1, 0.15) is 24.3 Å². The van der Waals surface area contributed by atoms with Crippen LogP contribution in [0.25, 0.3) is 11.1 Å². The number of hydrogen-bond acceptors (Lipinski definition) is 3. The average molecular weight is 297 g/mol. The summed E-state index contributed by atoms with van der Waals surface area (Å²) in [5.74, 6) is -0.119. The van der Waals surface area contributed by atoms with Gasteiger partial charge in [0.1, 0.15) is 5.69 Å². The third-order valence-electron chi connectivity index (χ3n) is 3.71. The molecule has 22 heavy (non-hydrogen) atoms. The standard InChI is InChI=1S/C18H23N3O/c1-3-21(4-2)13-12-19-18(22)17-11-10-16(14-20-17)15-8-6-5-7-9-15/h5-11,14H,3-4,12-13H2,1-2H3,(H,19,22). The molecule has 1 N–H and O–H groups in total. The molecule has 0 bridgehead atoms. The van der Waals surface area contributed by atoms with Gasteiger partial charge < -0.3 is 10.2 Å². The highest BCUT2D eigenvalue weighted by Gasteiger charge is 2.07. The van der Waals surface area contributed by atoms with Crippen molar-refractivity contribution in [1.29, 1.82) is 0 Å². The number of pyridine rings is 1. The highest BCUT2D eigenvalue weighted by atomic mass is 16.1. The van der Waals surface area contributed by atoms with Gasteiger partial charge in [-0.2, -0.15) is 0 Å². The fraction of sp³-hybridized carbons (Fsp3) is 0.333. The lowest BCUT2D eigenvalue weighted by molar-refractivity contribution is 0.0944. The topological polar surface area (TPSA) is 45.2 Å². The molecule has 1 amide bonds. The monoisotopic (exact) mass is 297 g/mol. The zero-order valence-electron chi connectivity index (χ0n) is 13.2. The van der Waals surface area contributed by atoms with Crippen molar-refractivity contribution in [3.05, 3.63) is 54.4 Å². The van der Waals surface area contributed by atoms with Crippen molar-refractivity contribution in [1.82, 2.24) is 15.2 Å². The summed E-state index contributed by atoms with van der Waals surface area (Å²) in [4.78, 5) is 18.6. The Bertz CT molecular complexity index is 577. The number of likely N-dealkylation sites (N-methyl/N-ethyl adjacent to an activating group) is 1. The molecule has 1 heterocycles. The Morgan fingerprint density at radius 2 is 1.77 bits per heavy atom. The van der Waals surface area contributed by atoms with Crippen molar-refractivity contribution in [2.24, 2.45) is 0 Å². The Morgan fingerprint density at radius 1 is 1.05 bits per heavy atom. The van der Waals surface area contributed by atoms with E-state index in [1.807, 2.05) is 36.4 Å². The third-order valence-corrected chi connectivity index (χ3v) is 3.71. The van der Waals surface area contributed by atoms with Crippen molar-refractivity contribution in [2.75, 3.05) is 26.2 Å². The van der Waals surface area contributed by atoms with Crippen molar-refractivity contribution in [3.8, 4) is 11.1 Å². The fourth-order valence-electron chi connectivity index (χ4n) is 2.29. The maximum Gasteiger partial charge on any atom is 0.269 e. The van der Waals surface area contributed by atoms with E-state index in [1.54, 1.807) is 12.3 Å². The minimum absolute atomic E-state index is 0.119. The largest absolute Gasteiger partial charge is 0.349 e. The molecule has 0 fully saturated rings. The molecule has 0 saturated heterocycles. The van der Waals surface area contributed by atoms with E-state index in [1.165, 1.54) is 0 Å². The lowest BCUT2D eigenvalue weighted by Gasteiger charge is -2.17. The van der Waals surface area contributed by atoms with E-state index in [0.29, 0.717) is 12.2 Å². The second-order valence-corrected chi connectivity index (χ2v) is 5.08. The summed E-state index contributed by atoms with van der Waals surface area (Å²) in [6.45, 7) is 7.74. The number of aromatic nitrogens is 1. The summed E-state index contributed by atoms with van der Waals surface area (Å²) >= 11 is 0. The second-order valence-electron chi connectivity index (χ2n) is 5.08. The number of hydrogen-bond donors (Lipinski definition) is 1. The van der Waals surface area contributed by atoms with Crippen LogP contribution in [0.3, 0.4) is 0 Å². The third kappa shape index (κ3) is 4.40. The number of carbonyl (C=O) groups is 1. The summed E-state index contributed by atoms with van der Waals surface area (Å²) in [6, 6.07) is 13.7. The summed E-state index contributed by atoms with van der Waals surface area (Å²) in [5, 5.41) is 2.91. The molecule has 2 rings (SSSR count). The van der Waals surface area contributed by atoms with Crippen LogP contribution in [0.5, 0.6) is 0 Å². The maximum absolute atomic E-state index is 12.1. The van der Waals surface area contributed by atoms with Crippen LogP contribution in [0.4, 0.5) is 0 Å². The lowest BCUT2D eigenvalue weighted by Crippen LogP contribution is -2.35. The van der Waals surface area contributed by atoms with E-state index in [9.17, 15) is 4.79 Å². The molecule has 0 saturated carbocycles. The Morgan fingerprint density at radius 3 is 2.36 bits per heavy atom. The molecular weight excluding hydrogens is 274 g/mol. The SMILES string of the molecule is CCN(CC)CCNC(=O)c1ccc(-c2ccccc2)cn1. The van der Waals surface area contributed by atoms with Crippen LogP contribution in [0, 0.1) is 0 Å². The molecule has 4 nitrogen and oxygen atoms in total. The molecule has 0 aliphatic rings. The molecule has 0 radical (unpaired) electrons. The van der Waals surface area contributed by atoms with E-state index in [4.69, 9.17) is 0 Å². The zero-order valence-corrected chi connectivity index (χ0v) is 13.2. The second kappa shape index (κ2) is 8.29. The van der Waals surface area contributed by atoms with Gasteiger partial charge in [-0.15, -0.1) is 0 Å². The van der Waals surface area contributed by atoms with E-state index >= 15 is 0 Å². The molecule has 0 aliphatic carbocycles. The number of amides is 1. The van der Waals surface area contributed by atoms with E-state index in [0.717, 1.165) is 30.8 Å². The van der Waals surface area contributed by atoms with Crippen LogP contribution in [-0.4, -0.2) is 42.0 Å². The van der Waals surface area contributed by atoms with E-state index < -0.39 is 0 Å². The minimum atomic E-state index is -0.119. The number of nitrogens with one attached hydrogen (secondary N) is 1. The van der Waals surface area contributed by atoms with E-state index in [-0.39, 0.29) is 5.91 Å². The molecule has 2 aromatic rings. The van der Waals surface area contributed by atoms with Crippen LogP contribution in [0.2, 0.25) is 0 Å². The molecule has 0 spiro atoms. The zero-order chi connectivity index (χ0) is 15.8. The van der Waals surface area contributed by atoms with Gasteiger partial charge >= 0.3 is 0 Å². The number of benzene rings is 1. The molecular formula is C18H23N3O. The van der Waals surface area contributed by atoms with Gasteiger partial charge in [0.2, 0.25) is 0 Å². The molecule has 4 heteroatoms. The first-order valence-electron chi connectivity index (χ1n) is 7.76. The Hall–Kier alpha value is -2.20. The fourth-order valence-corrected chi connectivity index (χ4v) is 2.29. The molecule has 1 aromatic heterocycles. The van der Waals surface area contributed by atoms with Gasteiger partial charge in [0.25, 0.3) is 5.91 Å². The number of carbonyl (C=O) groups excluding carboxylic acids is 1. The predicted octanol–water partition coefficient (Wildman–Crippen LogP) is 2.82. The van der Waals surface area contributed by atoms with E-state index in [2.05, 4.69) is 29.0 Å². The van der Waals surface area contributed by atoms with Gasteiger partial charge in [-0.3, -0.25) is 9.78 Å². The van der Waals surface area contributed by atoms with Gasteiger partial charge in [-0.25, -0.2) is 0 Å². The highest BCUT2D eigenvalue weighted by molar-refractivity contribution is 5.92. The average Bonchev–Trinajstić information content (AvgIpc) is 2.59. The molecule has 0 aliphatic heterocycles. The Kier molecular flexibility index (Phi) is 6.10.